The van der Waals surface area contributed by atoms with Crippen LogP contribution in [0.25, 0.3) is 0 Å². The van der Waals surface area contributed by atoms with Crippen LogP contribution in [0.2, 0.25) is 0 Å². The summed E-state index contributed by atoms with van der Waals surface area (Å²) in [7, 11) is 0.614. The number of aliphatic imine (C=N–C) groups is 1. The molecule has 3 rings (SSSR count). The zero-order valence-corrected chi connectivity index (χ0v) is 13.5. The van der Waals surface area contributed by atoms with E-state index < -0.39 is 6.04 Å². The van der Waals surface area contributed by atoms with Gasteiger partial charge in [0.15, 0.2) is 0 Å². The summed E-state index contributed by atoms with van der Waals surface area (Å²) in [6.07, 6.45) is 4.30. The van der Waals surface area contributed by atoms with Gasteiger partial charge in [0.2, 0.25) is 0 Å². The molecular weight excluding hydrogens is 305 g/mol. The van der Waals surface area contributed by atoms with Gasteiger partial charge in [0, 0.05) is 0 Å². The molecule has 2 aliphatic rings. The summed E-state index contributed by atoms with van der Waals surface area (Å²) >= 11 is 0. The summed E-state index contributed by atoms with van der Waals surface area (Å²) in [6.45, 7) is 1.21. The van der Waals surface area contributed by atoms with Gasteiger partial charge in [0.1, 0.15) is 0 Å². The maximum atomic E-state index is 12.6. The molecule has 1 aromatic rings. The molecule has 0 bridgehead atoms. The number of amides is 1. The number of carbonyl (C=O) groups is 1. The first kappa shape index (κ1) is 16.5. The first-order valence-corrected chi connectivity index (χ1v) is 8.32. The van der Waals surface area contributed by atoms with Crippen LogP contribution in [0, 0.1) is 0 Å². The standard InChI is InChI=1S/C17H20BN3O3/c22-17-15(19-12-18-23)8-4-5-9-21(17)11-14-10-16(20-24-14)13-6-2-1-3-7-13/h1-3,6-7,12,14-15H,4-5,8-11H2/t14?,15-/m0/s1. The molecule has 1 unspecified atom stereocenters. The molecule has 2 atom stereocenters. The number of hydrogen-bond acceptors (Lipinski definition) is 5. The Morgan fingerprint density at radius 3 is 2.96 bits per heavy atom. The molecule has 1 aromatic carbocycles. The van der Waals surface area contributed by atoms with Gasteiger partial charge in [-0.1, -0.05) is 6.07 Å². The zero-order chi connectivity index (χ0) is 16.8. The third-order valence-corrected chi connectivity index (χ3v) is 4.34. The molecule has 0 aromatic heterocycles. The Labute approximate surface area is 141 Å². The minimum absolute atomic E-state index is 0.0256. The zero-order valence-electron chi connectivity index (χ0n) is 13.5. The molecule has 7 heteroatoms. The normalized spacial score (nSPS) is 24.4. The van der Waals surface area contributed by atoms with Crippen LogP contribution in [0.4, 0.5) is 0 Å². The van der Waals surface area contributed by atoms with Crippen LogP contribution in [0.3, 0.4) is 0 Å². The summed E-state index contributed by atoms with van der Waals surface area (Å²) in [4.78, 5) is 24.0. The first-order valence-electron chi connectivity index (χ1n) is 8.32. The summed E-state index contributed by atoms with van der Waals surface area (Å²) < 4.78 is 10.5. The van der Waals surface area contributed by atoms with Crippen molar-refractivity contribution in [2.24, 2.45) is 10.1 Å². The quantitative estimate of drug-likeness (QED) is 0.610. The number of carbonyl (C=O) groups excluding carboxylic acids is 1. The minimum atomic E-state index is -0.450. The van der Waals surface area contributed by atoms with Gasteiger partial charge in [0.05, 0.1) is 0 Å². The van der Waals surface area contributed by atoms with Crippen LogP contribution in [0.1, 0.15) is 31.2 Å². The maximum absolute atomic E-state index is 12.6. The fourth-order valence-electron chi connectivity index (χ4n) is 3.12. The van der Waals surface area contributed by atoms with Crippen molar-refractivity contribution >= 4 is 24.9 Å². The Hall–Kier alpha value is -2.31. The molecule has 0 saturated carbocycles. The van der Waals surface area contributed by atoms with Crippen molar-refractivity contribution in [1.29, 1.82) is 0 Å². The Bertz CT molecular complexity index is 648. The second-order valence-electron chi connectivity index (χ2n) is 6.07. The molecule has 0 aliphatic carbocycles. The number of benzene rings is 1. The average Bonchev–Trinajstić information content (AvgIpc) is 3.01. The fraction of sp³-hybridized carbons (Fsp3) is 0.471. The van der Waals surface area contributed by atoms with Crippen LogP contribution in [0.15, 0.2) is 40.5 Å². The molecule has 1 saturated heterocycles. The van der Waals surface area contributed by atoms with Gasteiger partial charge in [-0.3, -0.25) is 0 Å². The molecule has 0 N–H and O–H groups in total. The fourth-order valence-corrected chi connectivity index (χ4v) is 3.12. The van der Waals surface area contributed by atoms with Crippen LogP contribution in [-0.4, -0.2) is 55.0 Å². The molecule has 124 valence electrons. The van der Waals surface area contributed by atoms with Crippen LogP contribution < -0.4 is 0 Å². The van der Waals surface area contributed by atoms with Crippen molar-refractivity contribution in [2.75, 3.05) is 13.1 Å². The van der Waals surface area contributed by atoms with E-state index in [1.165, 1.54) is 6.11 Å². The van der Waals surface area contributed by atoms with Gasteiger partial charge in [0.25, 0.3) is 0 Å². The van der Waals surface area contributed by atoms with E-state index >= 15 is 0 Å². The molecule has 0 spiro atoms. The summed E-state index contributed by atoms with van der Waals surface area (Å²) in [5.41, 5.74) is 1.97. The van der Waals surface area contributed by atoms with Gasteiger partial charge >= 0.3 is 135 Å². The molecular formula is C17H20BN3O3. The second-order valence-corrected chi connectivity index (χ2v) is 6.07. The summed E-state index contributed by atoms with van der Waals surface area (Å²) in [6, 6.07) is 9.47. The van der Waals surface area contributed by atoms with Gasteiger partial charge in [-0.15, -0.1) is 0 Å². The molecule has 2 heterocycles. The number of oxime groups is 1. The third-order valence-electron chi connectivity index (χ3n) is 4.34. The number of hydrogen-bond donors (Lipinski definition) is 0. The number of rotatable bonds is 5. The molecule has 24 heavy (non-hydrogen) atoms. The van der Waals surface area contributed by atoms with Crippen molar-refractivity contribution in [3.8, 4) is 0 Å². The Morgan fingerprint density at radius 2 is 2.17 bits per heavy atom. The Morgan fingerprint density at radius 1 is 1.33 bits per heavy atom. The van der Waals surface area contributed by atoms with Crippen molar-refractivity contribution in [3.63, 3.8) is 0 Å². The van der Waals surface area contributed by atoms with E-state index in [2.05, 4.69) is 10.1 Å². The van der Waals surface area contributed by atoms with E-state index in [1.807, 2.05) is 30.3 Å². The molecule has 2 aliphatic heterocycles. The van der Waals surface area contributed by atoms with E-state index in [9.17, 15) is 9.50 Å². The van der Waals surface area contributed by atoms with E-state index in [-0.39, 0.29) is 12.0 Å². The topological polar surface area (TPSA) is 71.3 Å². The monoisotopic (exact) mass is 325 g/mol. The average molecular weight is 325 g/mol. The van der Waals surface area contributed by atoms with Crippen molar-refractivity contribution in [1.82, 2.24) is 4.90 Å². The van der Waals surface area contributed by atoms with E-state index in [1.54, 1.807) is 4.90 Å². The SMILES string of the molecule is O=BC=N[C@H]1CCCCN(CC2CC(c3ccccc3)=NO2)C1=O. The van der Waals surface area contributed by atoms with Crippen LogP contribution in [0.5, 0.6) is 0 Å². The Balaban J connectivity index is 1.60. The van der Waals surface area contributed by atoms with Gasteiger partial charge in [-0.2, -0.15) is 0 Å². The molecule has 1 fully saturated rings. The molecule has 1 amide bonds. The number of likely N-dealkylation sites (tertiary alicyclic amines) is 1. The predicted molar refractivity (Wildman–Crippen MR) is 91.6 cm³/mol. The van der Waals surface area contributed by atoms with Crippen LogP contribution in [-0.2, 0) is 14.3 Å². The van der Waals surface area contributed by atoms with Gasteiger partial charge in [-0.05, 0) is 0 Å². The van der Waals surface area contributed by atoms with Crippen molar-refractivity contribution in [2.45, 2.75) is 37.8 Å². The molecule has 0 radical (unpaired) electrons. The second kappa shape index (κ2) is 7.99. The van der Waals surface area contributed by atoms with Gasteiger partial charge < -0.3 is 0 Å². The summed E-state index contributed by atoms with van der Waals surface area (Å²) in [5, 5.41) is 4.17. The van der Waals surface area contributed by atoms with E-state index in [0.29, 0.717) is 33.1 Å². The van der Waals surface area contributed by atoms with Crippen LogP contribution >= 0.6 is 0 Å². The molecule has 6 nitrogen and oxygen atoms in total. The predicted octanol–water partition coefficient (Wildman–Crippen LogP) is 1.64. The summed E-state index contributed by atoms with van der Waals surface area (Å²) in [5.74, 6) is -0.0256. The van der Waals surface area contributed by atoms with E-state index in [0.717, 1.165) is 24.1 Å². The van der Waals surface area contributed by atoms with Crippen molar-refractivity contribution < 1.29 is 14.3 Å². The van der Waals surface area contributed by atoms with E-state index in [4.69, 9.17) is 4.84 Å². The first-order chi connectivity index (χ1) is 11.8. The number of nitrogens with zero attached hydrogens (tertiary/aromatic N) is 3. The van der Waals surface area contributed by atoms with Gasteiger partial charge in [-0.25, -0.2) is 0 Å². The Kier molecular flexibility index (Phi) is 5.51. The van der Waals surface area contributed by atoms with Crippen molar-refractivity contribution in [3.05, 3.63) is 35.9 Å². The third kappa shape index (κ3) is 3.96.